The number of ether oxygens (including phenoxy) is 2. The Balaban J connectivity index is 1.78. The SMILES string of the molecule is COC(=O)c1ccc(N2CCO[C@@H](c3ccc(C)o3)C2)nc1C. The average Bonchev–Trinajstić information content (AvgIpc) is 3.01. The number of rotatable bonds is 3. The predicted molar refractivity (Wildman–Crippen MR) is 84.7 cm³/mol. The Morgan fingerprint density at radius 1 is 1.30 bits per heavy atom. The van der Waals surface area contributed by atoms with Crippen molar-refractivity contribution in [3.63, 3.8) is 0 Å². The molecule has 0 spiro atoms. The number of furan rings is 1. The molecular weight excluding hydrogens is 296 g/mol. The summed E-state index contributed by atoms with van der Waals surface area (Å²) in [5.74, 6) is 2.16. The van der Waals surface area contributed by atoms with Crippen LogP contribution in [0.5, 0.6) is 0 Å². The van der Waals surface area contributed by atoms with Crippen molar-refractivity contribution in [2.24, 2.45) is 0 Å². The number of nitrogens with zero attached hydrogens (tertiary/aromatic N) is 2. The number of anilines is 1. The van der Waals surface area contributed by atoms with Gasteiger partial charge in [0.2, 0.25) is 0 Å². The largest absolute Gasteiger partial charge is 0.465 e. The fraction of sp³-hybridized carbons (Fsp3) is 0.412. The molecule has 0 bridgehead atoms. The van der Waals surface area contributed by atoms with E-state index in [1.54, 1.807) is 6.07 Å². The van der Waals surface area contributed by atoms with E-state index in [-0.39, 0.29) is 12.1 Å². The summed E-state index contributed by atoms with van der Waals surface area (Å²) in [6.07, 6.45) is -0.111. The van der Waals surface area contributed by atoms with Crippen molar-refractivity contribution in [2.75, 3.05) is 31.7 Å². The van der Waals surface area contributed by atoms with Crippen LogP contribution in [0.25, 0.3) is 0 Å². The van der Waals surface area contributed by atoms with Crippen molar-refractivity contribution >= 4 is 11.8 Å². The number of hydrogen-bond acceptors (Lipinski definition) is 6. The summed E-state index contributed by atoms with van der Waals surface area (Å²) in [5.41, 5.74) is 1.15. The van der Waals surface area contributed by atoms with Gasteiger partial charge < -0.3 is 18.8 Å². The first-order chi connectivity index (χ1) is 11.1. The van der Waals surface area contributed by atoms with E-state index in [1.165, 1.54) is 7.11 Å². The van der Waals surface area contributed by atoms with E-state index in [9.17, 15) is 4.79 Å². The number of hydrogen-bond donors (Lipinski definition) is 0. The van der Waals surface area contributed by atoms with E-state index < -0.39 is 0 Å². The fourth-order valence-corrected chi connectivity index (χ4v) is 2.71. The van der Waals surface area contributed by atoms with Gasteiger partial charge in [-0.3, -0.25) is 0 Å². The maximum absolute atomic E-state index is 11.7. The predicted octanol–water partition coefficient (Wildman–Crippen LogP) is 2.66. The summed E-state index contributed by atoms with van der Waals surface area (Å²) in [5, 5.41) is 0. The highest BCUT2D eigenvalue weighted by Crippen LogP contribution is 2.27. The summed E-state index contributed by atoms with van der Waals surface area (Å²) in [6.45, 7) is 5.74. The Labute approximate surface area is 135 Å². The molecule has 122 valence electrons. The first-order valence-corrected chi connectivity index (χ1v) is 7.57. The lowest BCUT2D eigenvalue weighted by Gasteiger charge is -2.33. The molecule has 0 N–H and O–H groups in total. The lowest BCUT2D eigenvalue weighted by molar-refractivity contribution is 0.0250. The Kier molecular flexibility index (Phi) is 4.34. The van der Waals surface area contributed by atoms with Crippen LogP contribution >= 0.6 is 0 Å². The van der Waals surface area contributed by atoms with Gasteiger partial charge in [0.25, 0.3) is 0 Å². The molecule has 0 saturated carbocycles. The fourth-order valence-electron chi connectivity index (χ4n) is 2.71. The number of aromatic nitrogens is 1. The van der Waals surface area contributed by atoms with Crippen LogP contribution in [0, 0.1) is 13.8 Å². The zero-order chi connectivity index (χ0) is 16.4. The molecule has 0 radical (unpaired) electrons. The van der Waals surface area contributed by atoms with Crippen LogP contribution < -0.4 is 4.90 Å². The summed E-state index contributed by atoms with van der Waals surface area (Å²) in [4.78, 5) is 18.3. The van der Waals surface area contributed by atoms with Crippen molar-refractivity contribution in [1.82, 2.24) is 4.98 Å². The van der Waals surface area contributed by atoms with Gasteiger partial charge in [-0.1, -0.05) is 0 Å². The van der Waals surface area contributed by atoms with E-state index in [4.69, 9.17) is 13.9 Å². The van der Waals surface area contributed by atoms with Crippen molar-refractivity contribution in [1.29, 1.82) is 0 Å². The van der Waals surface area contributed by atoms with Crippen LogP contribution in [0.3, 0.4) is 0 Å². The maximum Gasteiger partial charge on any atom is 0.339 e. The monoisotopic (exact) mass is 316 g/mol. The highest BCUT2D eigenvalue weighted by Gasteiger charge is 2.25. The summed E-state index contributed by atoms with van der Waals surface area (Å²) < 4.78 is 16.2. The Bertz CT molecular complexity index is 710. The van der Waals surface area contributed by atoms with Gasteiger partial charge >= 0.3 is 5.97 Å². The molecule has 0 unspecified atom stereocenters. The maximum atomic E-state index is 11.7. The van der Waals surface area contributed by atoms with Crippen LogP contribution in [-0.2, 0) is 9.47 Å². The number of esters is 1. The topological polar surface area (TPSA) is 64.8 Å². The zero-order valence-corrected chi connectivity index (χ0v) is 13.5. The van der Waals surface area contributed by atoms with E-state index in [1.807, 2.05) is 32.0 Å². The highest BCUT2D eigenvalue weighted by molar-refractivity contribution is 5.90. The Morgan fingerprint density at radius 2 is 2.13 bits per heavy atom. The lowest BCUT2D eigenvalue weighted by atomic mass is 10.2. The number of carbonyl (C=O) groups is 1. The normalized spacial score (nSPS) is 18.0. The van der Waals surface area contributed by atoms with E-state index in [0.29, 0.717) is 24.4 Å². The number of pyridine rings is 1. The molecule has 0 aromatic carbocycles. The molecule has 2 aromatic rings. The minimum absolute atomic E-state index is 0.111. The van der Waals surface area contributed by atoms with Crippen LogP contribution in [-0.4, -0.2) is 37.8 Å². The summed E-state index contributed by atoms with van der Waals surface area (Å²) in [6, 6.07) is 7.48. The molecule has 2 aromatic heterocycles. The van der Waals surface area contributed by atoms with Gasteiger partial charge in [0.15, 0.2) is 0 Å². The summed E-state index contributed by atoms with van der Waals surface area (Å²) in [7, 11) is 1.37. The molecule has 23 heavy (non-hydrogen) atoms. The van der Waals surface area contributed by atoms with Crippen molar-refractivity contribution in [2.45, 2.75) is 20.0 Å². The average molecular weight is 316 g/mol. The van der Waals surface area contributed by atoms with Gasteiger partial charge in [-0.25, -0.2) is 9.78 Å². The van der Waals surface area contributed by atoms with Crippen molar-refractivity contribution in [3.05, 3.63) is 47.0 Å². The highest BCUT2D eigenvalue weighted by atomic mass is 16.5. The third-order valence-corrected chi connectivity index (χ3v) is 3.95. The van der Waals surface area contributed by atoms with Crippen molar-refractivity contribution < 1.29 is 18.7 Å². The van der Waals surface area contributed by atoms with Crippen LogP contribution in [0.4, 0.5) is 5.82 Å². The van der Waals surface area contributed by atoms with Gasteiger partial charge in [0.1, 0.15) is 23.4 Å². The minimum atomic E-state index is -0.368. The standard InChI is InChI=1S/C17H20N2O4/c1-11-4-6-14(23-11)15-10-19(8-9-22-15)16-7-5-13(12(2)18-16)17(20)21-3/h4-7,15H,8-10H2,1-3H3/t15-/m1/s1. The quantitative estimate of drug-likeness (QED) is 0.811. The van der Waals surface area contributed by atoms with Gasteiger partial charge in [-0.2, -0.15) is 0 Å². The third kappa shape index (κ3) is 3.22. The third-order valence-electron chi connectivity index (χ3n) is 3.95. The molecule has 6 heteroatoms. The van der Waals surface area contributed by atoms with Crippen LogP contribution in [0.1, 0.15) is 33.7 Å². The molecule has 1 fully saturated rings. The minimum Gasteiger partial charge on any atom is -0.465 e. The molecule has 1 saturated heterocycles. The number of morpholine rings is 1. The molecule has 0 amide bonds. The second kappa shape index (κ2) is 6.42. The smallest absolute Gasteiger partial charge is 0.339 e. The summed E-state index contributed by atoms with van der Waals surface area (Å²) >= 11 is 0. The molecule has 3 rings (SSSR count). The number of aryl methyl sites for hydroxylation is 2. The second-order valence-corrected chi connectivity index (χ2v) is 5.55. The van der Waals surface area contributed by atoms with Crippen LogP contribution in [0.2, 0.25) is 0 Å². The van der Waals surface area contributed by atoms with Gasteiger partial charge in [0, 0.05) is 6.54 Å². The molecule has 1 aliphatic heterocycles. The van der Waals surface area contributed by atoms with Crippen LogP contribution in [0.15, 0.2) is 28.7 Å². The van der Waals surface area contributed by atoms with Gasteiger partial charge in [-0.15, -0.1) is 0 Å². The van der Waals surface area contributed by atoms with Crippen molar-refractivity contribution in [3.8, 4) is 0 Å². The Hall–Kier alpha value is -2.34. The number of carbonyl (C=O) groups excluding carboxylic acids is 1. The van der Waals surface area contributed by atoms with E-state index >= 15 is 0 Å². The van der Waals surface area contributed by atoms with E-state index in [2.05, 4.69) is 9.88 Å². The molecule has 1 atom stereocenters. The first-order valence-electron chi connectivity index (χ1n) is 7.57. The second-order valence-electron chi connectivity index (χ2n) is 5.55. The Morgan fingerprint density at radius 3 is 2.78 bits per heavy atom. The molecule has 3 heterocycles. The molecule has 0 aliphatic carbocycles. The zero-order valence-electron chi connectivity index (χ0n) is 13.5. The lowest BCUT2D eigenvalue weighted by Crippen LogP contribution is -2.38. The van der Waals surface area contributed by atoms with Gasteiger partial charge in [-0.05, 0) is 38.1 Å². The van der Waals surface area contributed by atoms with Gasteiger partial charge in [0.05, 0.1) is 31.5 Å². The molecule has 1 aliphatic rings. The molecular formula is C17H20N2O4. The first kappa shape index (κ1) is 15.6. The molecule has 6 nitrogen and oxygen atoms in total. The van der Waals surface area contributed by atoms with E-state index in [0.717, 1.165) is 23.9 Å². The number of methoxy groups -OCH3 is 1.